The number of benzene rings is 4. The van der Waals surface area contributed by atoms with Gasteiger partial charge in [0, 0.05) is 21.9 Å². The molecule has 0 unspecified atom stereocenters. The number of hydrogen-bond donors (Lipinski definition) is 0. The third-order valence-electron chi connectivity index (χ3n) is 5.75. The zero-order chi connectivity index (χ0) is 21.5. The number of fused-ring (bicyclic) bond motifs is 3. The maximum atomic E-state index is 6.12. The SMILES string of the molecule is [B]c1ccc2c(c1)c1ccccc1n2-c1nc(-c2ccccc2)cc(-c2ccccc2)n1. The summed E-state index contributed by atoms with van der Waals surface area (Å²) in [7, 11) is 6.12. The van der Waals surface area contributed by atoms with Gasteiger partial charge in [-0.05, 0) is 18.2 Å². The number of nitrogens with zero attached hydrogens (tertiary/aromatic N) is 3. The molecule has 0 fully saturated rings. The van der Waals surface area contributed by atoms with E-state index in [0.29, 0.717) is 5.95 Å². The first kappa shape index (κ1) is 18.6. The fraction of sp³-hybridized carbons (Fsp3) is 0. The topological polar surface area (TPSA) is 30.7 Å². The predicted octanol–water partition coefficient (Wildman–Crippen LogP) is 5.70. The number of hydrogen-bond acceptors (Lipinski definition) is 2. The Hall–Kier alpha value is -4.18. The van der Waals surface area contributed by atoms with Crippen LogP contribution in [-0.2, 0) is 0 Å². The van der Waals surface area contributed by atoms with Gasteiger partial charge in [0.1, 0.15) is 7.85 Å². The van der Waals surface area contributed by atoms with Crippen molar-refractivity contribution in [3.05, 3.63) is 109 Å². The first-order chi connectivity index (χ1) is 15.8. The van der Waals surface area contributed by atoms with E-state index >= 15 is 0 Å². The monoisotopic (exact) mass is 407 g/mol. The van der Waals surface area contributed by atoms with E-state index in [2.05, 4.69) is 47.0 Å². The van der Waals surface area contributed by atoms with Crippen LogP contribution in [0.2, 0.25) is 0 Å². The normalized spacial score (nSPS) is 11.2. The molecule has 0 bridgehead atoms. The molecule has 0 N–H and O–H groups in total. The van der Waals surface area contributed by atoms with E-state index in [0.717, 1.165) is 49.8 Å². The van der Waals surface area contributed by atoms with Crippen molar-refractivity contribution in [2.24, 2.45) is 0 Å². The lowest BCUT2D eigenvalue weighted by Gasteiger charge is -2.11. The molecule has 4 heteroatoms. The van der Waals surface area contributed by atoms with E-state index in [4.69, 9.17) is 17.8 Å². The Morgan fingerprint density at radius 2 is 1.09 bits per heavy atom. The summed E-state index contributed by atoms with van der Waals surface area (Å²) < 4.78 is 2.13. The van der Waals surface area contributed by atoms with Gasteiger partial charge in [-0.25, -0.2) is 9.97 Å². The summed E-state index contributed by atoms with van der Waals surface area (Å²) in [5, 5.41) is 2.22. The quantitative estimate of drug-likeness (QED) is 0.352. The first-order valence-corrected chi connectivity index (χ1v) is 10.6. The second kappa shape index (κ2) is 7.50. The molecule has 0 saturated carbocycles. The molecule has 0 saturated heterocycles. The van der Waals surface area contributed by atoms with Gasteiger partial charge in [0.05, 0.1) is 22.4 Å². The Morgan fingerprint density at radius 1 is 0.531 bits per heavy atom. The molecule has 6 aromatic rings. The molecular formula is C28H18BN3. The summed E-state index contributed by atoms with van der Waals surface area (Å²) in [6.07, 6.45) is 0. The van der Waals surface area contributed by atoms with E-state index in [-0.39, 0.29) is 0 Å². The second-order valence-corrected chi connectivity index (χ2v) is 7.80. The van der Waals surface area contributed by atoms with Gasteiger partial charge >= 0.3 is 0 Å². The summed E-state index contributed by atoms with van der Waals surface area (Å²) in [6.45, 7) is 0. The zero-order valence-electron chi connectivity index (χ0n) is 17.3. The van der Waals surface area contributed by atoms with Gasteiger partial charge in [-0.1, -0.05) is 96.5 Å². The van der Waals surface area contributed by atoms with Crippen molar-refractivity contribution in [2.45, 2.75) is 0 Å². The van der Waals surface area contributed by atoms with Gasteiger partial charge in [-0.2, -0.15) is 0 Å². The van der Waals surface area contributed by atoms with Crippen LogP contribution in [0.5, 0.6) is 0 Å². The number of para-hydroxylation sites is 1. The summed E-state index contributed by atoms with van der Waals surface area (Å²) in [5.74, 6) is 0.640. The Balaban J connectivity index is 1.70. The molecule has 0 atom stereocenters. The van der Waals surface area contributed by atoms with Gasteiger partial charge in [-0.3, -0.25) is 4.57 Å². The Morgan fingerprint density at radius 3 is 1.75 bits per heavy atom. The molecule has 0 aliphatic carbocycles. The molecule has 3 nitrogen and oxygen atoms in total. The molecule has 4 aromatic carbocycles. The fourth-order valence-corrected chi connectivity index (χ4v) is 4.25. The average Bonchev–Trinajstić information content (AvgIpc) is 3.18. The molecule has 2 heterocycles. The highest BCUT2D eigenvalue weighted by molar-refractivity contribution is 6.33. The lowest BCUT2D eigenvalue weighted by molar-refractivity contribution is 0.996. The van der Waals surface area contributed by atoms with E-state index in [9.17, 15) is 0 Å². The average molecular weight is 407 g/mol. The van der Waals surface area contributed by atoms with Crippen molar-refractivity contribution in [2.75, 3.05) is 0 Å². The lowest BCUT2D eigenvalue weighted by Crippen LogP contribution is -2.05. The Kier molecular flexibility index (Phi) is 4.36. The standard InChI is InChI=1S/C28H18BN3/c29-21-15-16-27-23(17-21)22-13-7-8-14-26(22)32(27)28-30-24(19-9-3-1-4-10-19)18-25(31-28)20-11-5-2-6-12-20/h1-18H. The Bertz CT molecular complexity index is 1510. The lowest BCUT2D eigenvalue weighted by atomic mass is 9.94. The van der Waals surface area contributed by atoms with Gasteiger partial charge in [0.2, 0.25) is 5.95 Å². The van der Waals surface area contributed by atoms with E-state index in [1.165, 1.54) is 0 Å². The summed E-state index contributed by atoms with van der Waals surface area (Å²) in [6, 6.07) is 36.8. The van der Waals surface area contributed by atoms with Crippen LogP contribution in [0.3, 0.4) is 0 Å². The first-order valence-electron chi connectivity index (χ1n) is 10.6. The van der Waals surface area contributed by atoms with Crippen molar-refractivity contribution in [3.8, 4) is 28.5 Å². The molecule has 148 valence electrons. The Labute approximate surface area is 187 Å². The van der Waals surface area contributed by atoms with Gasteiger partial charge in [0.15, 0.2) is 0 Å². The third-order valence-corrected chi connectivity index (χ3v) is 5.75. The molecule has 0 aliphatic heterocycles. The minimum absolute atomic E-state index is 0.640. The molecular weight excluding hydrogens is 389 g/mol. The van der Waals surface area contributed by atoms with Crippen LogP contribution in [0.15, 0.2) is 109 Å². The smallest absolute Gasteiger partial charge is 0.235 e. The maximum absolute atomic E-state index is 6.12. The van der Waals surface area contributed by atoms with Crippen LogP contribution in [-0.4, -0.2) is 22.4 Å². The van der Waals surface area contributed by atoms with Gasteiger partial charge in [0.25, 0.3) is 0 Å². The van der Waals surface area contributed by atoms with Gasteiger partial charge in [-0.15, -0.1) is 0 Å². The molecule has 6 rings (SSSR count). The molecule has 2 radical (unpaired) electrons. The van der Waals surface area contributed by atoms with Crippen LogP contribution in [0.25, 0.3) is 50.3 Å². The van der Waals surface area contributed by atoms with Crippen molar-refractivity contribution < 1.29 is 0 Å². The number of aromatic nitrogens is 3. The second-order valence-electron chi connectivity index (χ2n) is 7.80. The maximum Gasteiger partial charge on any atom is 0.235 e. The molecule has 0 amide bonds. The van der Waals surface area contributed by atoms with Crippen LogP contribution in [0.4, 0.5) is 0 Å². The third kappa shape index (κ3) is 3.09. The van der Waals surface area contributed by atoms with Crippen LogP contribution < -0.4 is 5.46 Å². The fourth-order valence-electron chi connectivity index (χ4n) is 4.25. The van der Waals surface area contributed by atoms with Crippen molar-refractivity contribution in [1.82, 2.24) is 14.5 Å². The minimum atomic E-state index is 0.640. The van der Waals surface area contributed by atoms with E-state index in [1.807, 2.05) is 66.7 Å². The highest BCUT2D eigenvalue weighted by Gasteiger charge is 2.16. The summed E-state index contributed by atoms with van der Waals surface area (Å²) in [4.78, 5) is 10.0. The highest BCUT2D eigenvalue weighted by atomic mass is 15.2. The van der Waals surface area contributed by atoms with E-state index in [1.54, 1.807) is 0 Å². The van der Waals surface area contributed by atoms with Crippen LogP contribution in [0, 0.1) is 0 Å². The summed E-state index contributed by atoms with van der Waals surface area (Å²) >= 11 is 0. The molecule has 32 heavy (non-hydrogen) atoms. The highest BCUT2D eigenvalue weighted by Crippen LogP contribution is 2.32. The number of rotatable bonds is 3. The van der Waals surface area contributed by atoms with Crippen LogP contribution in [0.1, 0.15) is 0 Å². The van der Waals surface area contributed by atoms with Crippen molar-refractivity contribution in [3.63, 3.8) is 0 Å². The van der Waals surface area contributed by atoms with E-state index < -0.39 is 0 Å². The van der Waals surface area contributed by atoms with Crippen LogP contribution >= 0.6 is 0 Å². The van der Waals surface area contributed by atoms with Crippen molar-refractivity contribution >= 4 is 35.1 Å². The molecule has 0 aliphatic rings. The van der Waals surface area contributed by atoms with Gasteiger partial charge < -0.3 is 0 Å². The molecule has 2 aromatic heterocycles. The van der Waals surface area contributed by atoms with Crippen molar-refractivity contribution in [1.29, 1.82) is 0 Å². The minimum Gasteiger partial charge on any atom is -0.278 e. The zero-order valence-corrected chi connectivity index (χ0v) is 17.3. The largest absolute Gasteiger partial charge is 0.278 e. The summed E-state index contributed by atoms with van der Waals surface area (Å²) in [5.41, 5.74) is 6.70. The predicted molar refractivity (Wildman–Crippen MR) is 133 cm³/mol. The molecule has 0 spiro atoms.